The highest BCUT2D eigenvalue weighted by molar-refractivity contribution is 5.83. The summed E-state index contributed by atoms with van der Waals surface area (Å²) in [6.45, 7) is 0. The van der Waals surface area contributed by atoms with Gasteiger partial charge in [0.25, 0.3) is 5.91 Å². The average Bonchev–Trinajstić information content (AvgIpc) is 3.01. The minimum atomic E-state index is -1.10. The Morgan fingerprint density at radius 3 is 2.50 bits per heavy atom. The summed E-state index contributed by atoms with van der Waals surface area (Å²) in [7, 11) is 0. The molecule has 0 unspecified atom stereocenters. The van der Waals surface area contributed by atoms with Gasteiger partial charge in [-0.25, -0.2) is 4.98 Å². The van der Waals surface area contributed by atoms with E-state index in [1.165, 1.54) is 0 Å². The summed E-state index contributed by atoms with van der Waals surface area (Å²) in [6, 6.07) is 16.0. The SMILES string of the molecule is NC(=O)[C@H](OC(=O)CCc1nc2ccccc2o1)c1ccccc1. The number of nitrogens with two attached hydrogens (primary N) is 1. The standard InChI is InChI=1S/C18H16N2O4/c19-18(22)17(12-6-2-1-3-7-12)24-16(21)11-10-15-20-13-8-4-5-9-14(13)23-15/h1-9,17H,10-11H2,(H2,19,22)/t17-/m1/s1. The van der Waals surface area contributed by atoms with E-state index in [9.17, 15) is 9.59 Å². The van der Waals surface area contributed by atoms with E-state index in [1.54, 1.807) is 30.3 Å². The second kappa shape index (κ2) is 6.95. The van der Waals surface area contributed by atoms with Crippen molar-refractivity contribution >= 4 is 23.0 Å². The number of benzene rings is 2. The van der Waals surface area contributed by atoms with Crippen LogP contribution in [0.5, 0.6) is 0 Å². The number of carbonyl (C=O) groups excluding carboxylic acids is 2. The minimum Gasteiger partial charge on any atom is -0.447 e. The highest BCUT2D eigenvalue weighted by Crippen LogP contribution is 2.19. The second-order valence-electron chi connectivity index (χ2n) is 5.26. The van der Waals surface area contributed by atoms with E-state index < -0.39 is 18.0 Å². The smallest absolute Gasteiger partial charge is 0.307 e. The van der Waals surface area contributed by atoms with Crippen LogP contribution in [0.25, 0.3) is 11.1 Å². The highest BCUT2D eigenvalue weighted by Gasteiger charge is 2.22. The lowest BCUT2D eigenvalue weighted by molar-refractivity contribution is -0.155. The van der Waals surface area contributed by atoms with Crippen LogP contribution in [0.2, 0.25) is 0 Å². The third kappa shape index (κ3) is 3.60. The first-order chi connectivity index (χ1) is 11.6. The molecule has 122 valence electrons. The number of hydrogen-bond donors (Lipinski definition) is 1. The van der Waals surface area contributed by atoms with Crippen molar-refractivity contribution < 1.29 is 18.7 Å². The number of hydrogen-bond acceptors (Lipinski definition) is 5. The number of rotatable bonds is 6. The normalized spacial score (nSPS) is 12.0. The molecule has 24 heavy (non-hydrogen) atoms. The quantitative estimate of drug-likeness (QED) is 0.703. The van der Waals surface area contributed by atoms with Gasteiger partial charge in [-0.1, -0.05) is 42.5 Å². The first kappa shape index (κ1) is 15.7. The molecule has 3 aromatic rings. The molecule has 0 aliphatic heterocycles. The predicted octanol–water partition coefficient (Wildman–Crippen LogP) is 2.53. The Hall–Kier alpha value is -3.15. The Morgan fingerprint density at radius 2 is 1.79 bits per heavy atom. The van der Waals surface area contributed by atoms with Gasteiger partial charge in [0.1, 0.15) is 5.52 Å². The van der Waals surface area contributed by atoms with Gasteiger partial charge < -0.3 is 14.9 Å². The Balaban J connectivity index is 1.62. The molecule has 2 aromatic carbocycles. The zero-order chi connectivity index (χ0) is 16.9. The molecular formula is C18H16N2O4. The molecule has 1 aromatic heterocycles. The maximum absolute atomic E-state index is 12.0. The topological polar surface area (TPSA) is 95.4 Å². The van der Waals surface area contributed by atoms with Crippen LogP contribution in [-0.2, 0) is 20.7 Å². The predicted molar refractivity (Wildman–Crippen MR) is 86.8 cm³/mol. The number of aromatic nitrogens is 1. The van der Waals surface area contributed by atoms with E-state index in [0.717, 1.165) is 5.52 Å². The molecule has 6 nitrogen and oxygen atoms in total. The van der Waals surface area contributed by atoms with E-state index in [2.05, 4.69) is 4.98 Å². The van der Waals surface area contributed by atoms with Gasteiger partial charge in [0, 0.05) is 12.0 Å². The zero-order valence-corrected chi connectivity index (χ0v) is 12.8. The number of para-hydroxylation sites is 2. The Bertz CT molecular complexity index is 825. The van der Waals surface area contributed by atoms with E-state index in [0.29, 0.717) is 17.0 Å². The van der Waals surface area contributed by atoms with Crippen molar-refractivity contribution in [1.29, 1.82) is 0 Å². The molecular weight excluding hydrogens is 308 g/mol. The molecule has 0 fully saturated rings. The fourth-order valence-electron chi connectivity index (χ4n) is 2.34. The summed E-state index contributed by atoms with van der Waals surface area (Å²) in [6.07, 6.45) is -0.764. The van der Waals surface area contributed by atoms with Gasteiger partial charge in [0.2, 0.25) is 6.10 Å². The van der Waals surface area contributed by atoms with Crippen LogP contribution in [0.4, 0.5) is 0 Å². The first-order valence-corrected chi connectivity index (χ1v) is 7.51. The van der Waals surface area contributed by atoms with Crippen molar-refractivity contribution in [2.45, 2.75) is 18.9 Å². The largest absolute Gasteiger partial charge is 0.447 e. The molecule has 0 spiro atoms. The van der Waals surface area contributed by atoms with Crippen molar-refractivity contribution in [1.82, 2.24) is 4.98 Å². The monoisotopic (exact) mass is 324 g/mol. The third-order valence-corrected chi connectivity index (χ3v) is 3.49. The van der Waals surface area contributed by atoms with Gasteiger partial charge in [-0.3, -0.25) is 9.59 Å². The lowest BCUT2D eigenvalue weighted by Gasteiger charge is -2.14. The molecule has 0 aliphatic carbocycles. The van der Waals surface area contributed by atoms with Crippen LogP contribution in [0.15, 0.2) is 59.0 Å². The molecule has 3 rings (SSSR count). The number of carbonyl (C=O) groups is 2. The second-order valence-corrected chi connectivity index (χ2v) is 5.26. The zero-order valence-electron chi connectivity index (χ0n) is 12.8. The van der Waals surface area contributed by atoms with Gasteiger partial charge >= 0.3 is 5.97 Å². The van der Waals surface area contributed by atoms with Crippen molar-refractivity contribution in [3.63, 3.8) is 0 Å². The summed E-state index contributed by atoms with van der Waals surface area (Å²) in [5.41, 5.74) is 7.27. The Morgan fingerprint density at radius 1 is 1.08 bits per heavy atom. The fourth-order valence-corrected chi connectivity index (χ4v) is 2.34. The van der Waals surface area contributed by atoms with Gasteiger partial charge in [-0.15, -0.1) is 0 Å². The maximum atomic E-state index is 12.0. The molecule has 0 radical (unpaired) electrons. The summed E-state index contributed by atoms with van der Waals surface area (Å²) in [5, 5.41) is 0. The van der Waals surface area contributed by atoms with Gasteiger partial charge in [-0.2, -0.15) is 0 Å². The molecule has 0 bridgehead atoms. The summed E-state index contributed by atoms with van der Waals surface area (Å²) >= 11 is 0. The van der Waals surface area contributed by atoms with Crippen molar-refractivity contribution in [3.05, 3.63) is 66.1 Å². The number of ether oxygens (including phenoxy) is 1. The molecule has 0 aliphatic rings. The van der Waals surface area contributed by atoms with E-state index in [1.807, 2.05) is 24.3 Å². The molecule has 0 saturated carbocycles. The van der Waals surface area contributed by atoms with Gasteiger partial charge in [-0.05, 0) is 12.1 Å². The van der Waals surface area contributed by atoms with Crippen molar-refractivity contribution in [2.75, 3.05) is 0 Å². The number of primary amides is 1. The molecule has 1 atom stereocenters. The maximum Gasteiger partial charge on any atom is 0.307 e. The van der Waals surface area contributed by atoms with Crippen molar-refractivity contribution in [2.24, 2.45) is 5.73 Å². The van der Waals surface area contributed by atoms with E-state index in [4.69, 9.17) is 14.9 Å². The third-order valence-electron chi connectivity index (χ3n) is 3.49. The van der Waals surface area contributed by atoms with Crippen LogP contribution in [0.3, 0.4) is 0 Å². The van der Waals surface area contributed by atoms with Crippen LogP contribution >= 0.6 is 0 Å². The number of esters is 1. The van der Waals surface area contributed by atoms with Crippen molar-refractivity contribution in [3.8, 4) is 0 Å². The van der Waals surface area contributed by atoms with Gasteiger partial charge in [0.05, 0.1) is 6.42 Å². The Kier molecular flexibility index (Phi) is 4.56. The molecule has 2 N–H and O–H groups in total. The van der Waals surface area contributed by atoms with Crippen LogP contribution in [-0.4, -0.2) is 16.9 Å². The average molecular weight is 324 g/mol. The molecule has 6 heteroatoms. The number of nitrogens with zero attached hydrogens (tertiary/aromatic N) is 1. The van der Waals surface area contributed by atoms with E-state index in [-0.39, 0.29) is 12.8 Å². The first-order valence-electron chi connectivity index (χ1n) is 7.51. The summed E-state index contributed by atoms with van der Waals surface area (Å²) in [5.74, 6) is -0.801. The van der Waals surface area contributed by atoms with Crippen LogP contribution in [0.1, 0.15) is 24.0 Å². The molecule has 0 saturated heterocycles. The van der Waals surface area contributed by atoms with Gasteiger partial charge in [0.15, 0.2) is 11.5 Å². The lowest BCUT2D eigenvalue weighted by Crippen LogP contribution is -2.26. The van der Waals surface area contributed by atoms with Crippen LogP contribution in [0, 0.1) is 0 Å². The number of aryl methyl sites for hydroxylation is 1. The number of fused-ring (bicyclic) bond motifs is 1. The lowest BCUT2D eigenvalue weighted by atomic mass is 10.1. The highest BCUT2D eigenvalue weighted by atomic mass is 16.5. The fraction of sp³-hybridized carbons (Fsp3) is 0.167. The van der Waals surface area contributed by atoms with E-state index >= 15 is 0 Å². The number of amides is 1. The summed E-state index contributed by atoms with van der Waals surface area (Å²) < 4.78 is 10.8. The molecule has 1 amide bonds. The van der Waals surface area contributed by atoms with Crippen LogP contribution < -0.4 is 5.73 Å². The summed E-state index contributed by atoms with van der Waals surface area (Å²) in [4.78, 5) is 27.9. The number of oxazole rings is 1. The minimum absolute atomic E-state index is 0.0451. The molecule has 1 heterocycles. The Labute approximate surface area is 138 Å².